The van der Waals surface area contributed by atoms with Crippen molar-refractivity contribution in [3.05, 3.63) is 0 Å². The van der Waals surface area contributed by atoms with Gasteiger partial charge in [-0.15, -0.1) is 0 Å². The molecule has 0 saturated heterocycles. The van der Waals surface area contributed by atoms with E-state index in [-0.39, 0.29) is 24.5 Å². The Labute approximate surface area is 79.3 Å². The van der Waals surface area contributed by atoms with Crippen LogP contribution in [-0.2, 0) is 9.53 Å². The van der Waals surface area contributed by atoms with E-state index in [2.05, 4.69) is 5.32 Å². The van der Waals surface area contributed by atoms with Gasteiger partial charge in [0.05, 0.1) is 19.1 Å². The van der Waals surface area contributed by atoms with E-state index in [0.717, 1.165) is 0 Å². The summed E-state index contributed by atoms with van der Waals surface area (Å²) in [4.78, 5) is 11.1. The molecule has 0 bridgehead atoms. The monoisotopic (exact) mass is 189 g/mol. The number of nitrogens with one attached hydrogen (secondary N) is 1. The number of hydrogen-bond donors (Lipinski definition) is 2. The number of aliphatic hydroxyl groups is 1. The van der Waals surface area contributed by atoms with Crippen LogP contribution in [0.4, 0.5) is 0 Å². The van der Waals surface area contributed by atoms with Crippen LogP contribution in [0.5, 0.6) is 0 Å². The van der Waals surface area contributed by atoms with Gasteiger partial charge in [0.15, 0.2) is 0 Å². The summed E-state index contributed by atoms with van der Waals surface area (Å²) in [5.41, 5.74) is 0. The topological polar surface area (TPSA) is 58.6 Å². The third-order valence-electron chi connectivity index (χ3n) is 1.74. The van der Waals surface area contributed by atoms with Gasteiger partial charge in [-0.05, 0) is 13.8 Å². The van der Waals surface area contributed by atoms with Crippen LogP contribution in [0.25, 0.3) is 0 Å². The predicted molar refractivity (Wildman–Crippen MR) is 50.3 cm³/mol. The highest BCUT2D eigenvalue weighted by Gasteiger charge is 2.13. The number of hydrogen-bond acceptors (Lipinski definition) is 4. The summed E-state index contributed by atoms with van der Waals surface area (Å²) < 4.78 is 4.83. The zero-order valence-corrected chi connectivity index (χ0v) is 8.54. The summed E-state index contributed by atoms with van der Waals surface area (Å²) in [7, 11) is 0. The molecule has 0 aromatic heterocycles. The lowest BCUT2D eigenvalue weighted by molar-refractivity contribution is -0.147. The molecular weight excluding hydrogens is 170 g/mol. The van der Waals surface area contributed by atoms with Gasteiger partial charge in [-0.1, -0.05) is 6.92 Å². The van der Waals surface area contributed by atoms with Gasteiger partial charge >= 0.3 is 5.97 Å². The number of esters is 1. The van der Waals surface area contributed by atoms with Crippen molar-refractivity contribution in [1.82, 2.24) is 5.32 Å². The summed E-state index contributed by atoms with van der Waals surface area (Å²) in [6.07, 6.45) is 0. The summed E-state index contributed by atoms with van der Waals surface area (Å²) >= 11 is 0. The number of ether oxygens (including phenoxy) is 1. The molecule has 2 N–H and O–H groups in total. The zero-order chi connectivity index (χ0) is 10.3. The SMILES string of the molecule is CCOC(=O)C(C)CNC(C)CO. The maximum atomic E-state index is 11.1. The van der Waals surface area contributed by atoms with Gasteiger partial charge in [0.2, 0.25) is 0 Å². The molecule has 4 nitrogen and oxygen atoms in total. The van der Waals surface area contributed by atoms with Crippen LogP contribution in [0.3, 0.4) is 0 Å². The Morgan fingerprint density at radius 2 is 2.15 bits per heavy atom. The van der Waals surface area contributed by atoms with Gasteiger partial charge in [-0.25, -0.2) is 0 Å². The standard InChI is InChI=1S/C9H19NO3/c1-4-13-9(12)7(2)5-10-8(3)6-11/h7-8,10-11H,4-6H2,1-3H3. The highest BCUT2D eigenvalue weighted by atomic mass is 16.5. The molecule has 0 rings (SSSR count). The van der Waals surface area contributed by atoms with E-state index in [9.17, 15) is 4.79 Å². The second-order valence-corrected chi connectivity index (χ2v) is 3.14. The normalized spacial score (nSPS) is 15.1. The van der Waals surface area contributed by atoms with E-state index < -0.39 is 0 Å². The first kappa shape index (κ1) is 12.4. The molecule has 4 heteroatoms. The summed E-state index contributed by atoms with van der Waals surface area (Å²) in [6, 6.07) is 0.0249. The maximum absolute atomic E-state index is 11.1. The van der Waals surface area contributed by atoms with E-state index >= 15 is 0 Å². The van der Waals surface area contributed by atoms with E-state index in [0.29, 0.717) is 13.2 Å². The molecule has 0 radical (unpaired) electrons. The number of carbonyl (C=O) groups excluding carboxylic acids is 1. The predicted octanol–water partition coefficient (Wildman–Crippen LogP) is 0.156. The average Bonchev–Trinajstić information content (AvgIpc) is 2.13. The number of aliphatic hydroxyl groups excluding tert-OH is 1. The quantitative estimate of drug-likeness (QED) is 0.584. The van der Waals surface area contributed by atoms with Crippen molar-refractivity contribution in [2.75, 3.05) is 19.8 Å². The van der Waals surface area contributed by atoms with E-state index in [1.54, 1.807) is 13.8 Å². The van der Waals surface area contributed by atoms with Gasteiger partial charge < -0.3 is 15.2 Å². The fourth-order valence-corrected chi connectivity index (χ4v) is 0.810. The van der Waals surface area contributed by atoms with Crippen LogP contribution in [0.1, 0.15) is 20.8 Å². The first-order valence-electron chi connectivity index (χ1n) is 4.62. The Balaban J connectivity index is 3.60. The smallest absolute Gasteiger partial charge is 0.309 e. The molecule has 0 aromatic rings. The third-order valence-corrected chi connectivity index (χ3v) is 1.74. The van der Waals surface area contributed by atoms with Crippen molar-refractivity contribution in [2.24, 2.45) is 5.92 Å². The first-order valence-corrected chi connectivity index (χ1v) is 4.62. The molecule has 2 unspecified atom stereocenters. The van der Waals surface area contributed by atoms with Gasteiger partial charge in [-0.2, -0.15) is 0 Å². The molecule has 0 fully saturated rings. The molecule has 0 aliphatic carbocycles. The van der Waals surface area contributed by atoms with Crippen LogP contribution in [0, 0.1) is 5.92 Å². The molecule has 0 aliphatic heterocycles. The Morgan fingerprint density at radius 1 is 1.54 bits per heavy atom. The van der Waals surface area contributed by atoms with Crippen molar-refractivity contribution in [1.29, 1.82) is 0 Å². The van der Waals surface area contributed by atoms with Gasteiger partial charge in [-0.3, -0.25) is 4.79 Å². The van der Waals surface area contributed by atoms with Crippen molar-refractivity contribution >= 4 is 5.97 Å². The minimum absolute atomic E-state index is 0.0249. The highest BCUT2D eigenvalue weighted by molar-refractivity contribution is 5.72. The van der Waals surface area contributed by atoms with Crippen molar-refractivity contribution in [2.45, 2.75) is 26.8 Å². The maximum Gasteiger partial charge on any atom is 0.309 e. The van der Waals surface area contributed by atoms with E-state index in [4.69, 9.17) is 9.84 Å². The largest absolute Gasteiger partial charge is 0.466 e. The molecule has 78 valence electrons. The Morgan fingerprint density at radius 3 is 2.62 bits per heavy atom. The first-order chi connectivity index (χ1) is 6.11. The van der Waals surface area contributed by atoms with E-state index in [1.807, 2.05) is 6.92 Å². The van der Waals surface area contributed by atoms with Crippen LogP contribution in [0.15, 0.2) is 0 Å². The minimum atomic E-state index is -0.194. The molecule has 2 atom stereocenters. The molecule has 0 saturated carbocycles. The Bertz CT molecular complexity index is 150. The number of carbonyl (C=O) groups is 1. The van der Waals surface area contributed by atoms with Crippen molar-refractivity contribution in [3.8, 4) is 0 Å². The summed E-state index contributed by atoms with van der Waals surface area (Å²) in [6.45, 7) is 6.48. The second-order valence-electron chi connectivity index (χ2n) is 3.14. The van der Waals surface area contributed by atoms with Crippen LogP contribution in [0.2, 0.25) is 0 Å². The van der Waals surface area contributed by atoms with Gasteiger partial charge in [0.1, 0.15) is 0 Å². The van der Waals surface area contributed by atoms with E-state index in [1.165, 1.54) is 0 Å². The Hall–Kier alpha value is -0.610. The number of rotatable bonds is 6. The van der Waals surface area contributed by atoms with Gasteiger partial charge in [0.25, 0.3) is 0 Å². The van der Waals surface area contributed by atoms with Crippen molar-refractivity contribution in [3.63, 3.8) is 0 Å². The second kappa shape index (κ2) is 6.86. The molecule has 0 heterocycles. The molecule has 13 heavy (non-hydrogen) atoms. The van der Waals surface area contributed by atoms with Crippen LogP contribution >= 0.6 is 0 Å². The molecule has 0 aliphatic rings. The lowest BCUT2D eigenvalue weighted by Gasteiger charge is -2.14. The molecule has 0 amide bonds. The zero-order valence-electron chi connectivity index (χ0n) is 8.54. The summed E-state index contributed by atoms with van der Waals surface area (Å²) in [5.74, 6) is -0.353. The molecular formula is C9H19NO3. The molecule has 0 aromatic carbocycles. The van der Waals surface area contributed by atoms with Crippen LogP contribution in [-0.4, -0.2) is 36.9 Å². The van der Waals surface area contributed by atoms with Crippen molar-refractivity contribution < 1.29 is 14.6 Å². The average molecular weight is 189 g/mol. The highest BCUT2D eigenvalue weighted by Crippen LogP contribution is 1.97. The lowest BCUT2D eigenvalue weighted by Crippen LogP contribution is -2.35. The van der Waals surface area contributed by atoms with Crippen LogP contribution < -0.4 is 5.32 Å². The third kappa shape index (κ3) is 5.60. The Kier molecular flexibility index (Phi) is 6.54. The van der Waals surface area contributed by atoms with Gasteiger partial charge in [0, 0.05) is 12.6 Å². The minimum Gasteiger partial charge on any atom is -0.466 e. The fourth-order valence-electron chi connectivity index (χ4n) is 0.810. The summed E-state index contributed by atoms with van der Waals surface area (Å²) in [5, 5.41) is 11.7. The fraction of sp³-hybridized carbons (Fsp3) is 0.889. The molecule has 0 spiro atoms. The lowest BCUT2D eigenvalue weighted by atomic mass is 10.2.